The number of H-pyrrole nitrogens is 1. The molecule has 0 saturated carbocycles. The summed E-state index contributed by atoms with van der Waals surface area (Å²) in [4.78, 5) is 26.3. The van der Waals surface area contributed by atoms with Gasteiger partial charge in [0.25, 0.3) is 5.91 Å². The molecule has 2 amide bonds. The van der Waals surface area contributed by atoms with Crippen LogP contribution in [0.25, 0.3) is 10.9 Å². The molecule has 156 valence electrons. The van der Waals surface area contributed by atoms with Gasteiger partial charge in [-0.05, 0) is 90.7 Å². The molecule has 0 aliphatic carbocycles. The van der Waals surface area contributed by atoms with E-state index in [2.05, 4.69) is 31.4 Å². The number of hydrogen-bond donors (Lipinski definition) is 3. The van der Waals surface area contributed by atoms with E-state index in [-0.39, 0.29) is 5.91 Å². The van der Waals surface area contributed by atoms with E-state index in [1.807, 2.05) is 17.0 Å². The van der Waals surface area contributed by atoms with E-state index in [0.717, 1.165) is 60.9 Å². The van der Waals surface area contributed by atoms with Crippen LogP contribution < -0.4 is 11.1 Å². The van der Waals surface area contributed by atoms with Crippen LogP contribution in [-0.4, -0.2) is 53.1 Å². The second kappa shape index (κ2) is 8.83. The maximum Gasteiger partial charge on any atom is 0.267 e. The Balaban J connectivity index is 1.34. The van der Waals surface area contributed by atoms with Crippen molar-refractivity contribution >= 4 is 38.6 Å². The first kappa shape index (κ1) is 20.3. The minimum Gasteiger partial charge on any atom is -0.364 e. The van der Waals surface area contributed by atoms with Gasteiger partial charge in [0.05, 0.1) is 0 Å². The zero-order valence-electron chi connectivity index (χ0n) is 16.5. The van der Waals surface area contributed by atoms with Crippen LogP contribution in [0.5, 0.6) is 0 Å². The van der Waals surface area contributed by atoms with Crippen molar-refractivity contribution in [1.29, 1.82) is 0 Å². The number of rotatable bonds is 5. The minimum absolute atomic E-state index is 0.215. The summed E-state index contributed by atoms with van der Waals surface area (Å²) in [6, 6.07) is 3.87. The van der Waals surface area contributed by atoms with Gasteiger partial charge >= 0.3 is 0 Å². The van der Waals surface area contributed by atoms with Crippen LogP contribution >= 0.6 is 15.9 Å². The number of nitrogens with two attached hydrogens (primary N) is 1. The monoisotopic (exact) mass is 461 g/mol. The number of hydrogen-bond acceptors (Lipinski definition) is 4. The molecule has 0 radical (unpaired) electrons. The van der Waals surface area contributed by atoms with E-state index < -0.39 is 5.91 Å². The average molecular weight is 462 g/mol. The molecule has 0 unspecified atom stereocenters. The third-order valence-corrected chi connectivity index (χ3v) is 7.09. The molecular formula is C21H28BrN5O2. The van der Waals surface area contributed by atoms with Gasteiger partial charge in [-0.15, -0.1) is 0 Å². The summed E-state index contributed by atoms with van der Waals surface area (Å²) in [5.41, 5.74) is 7.39. The van der Waals surface area contributed by atoms with E-state index in [1.54, 1.807) is 0 Å². The van der Waals surface area contributed by atoms with Crippen molar-refractivity contribution in [2.45, 2.75) is 38.5 Å². The van der Waals surface area contributed by atoms with E-state index in [0.29, 0.717) is 29.4 Å². The van der Waals surface area contributed by atoms with Crippen molar-refractivity contribution < 1.29 is 9.59 Å². The highest BCUT2D eigenvalue weighted by Gasteiger charge is 2.29. The SMILES string of the molecule is NC(=O)c1[nH]nc2c(Br)cc(CCC(=O)N3CCC(C4CCNCC4)CC3)cc12. The molecule has 8 heteroatoms. The second-order valence-electron chi connectivity index (χ2n) is 8.24. The van der Waals surface area contributed by atoms with Crippen molar-refractivity contribution in [2.75, 3.05) is 26.2 Å². The Morgan fingerprint density at radius 2 is 1.83 bits per heavy atom. The van der Waals surface area contributed by atoms with Gasteiger partial charge in [-0.1, -0.05) is 0 Å². The number of carbonyl (C=O) groups excluding carboxylic acids is 2. The summed E-state index contributed by atoms with van der Waals surface area (Å²) in [7, 11) is 0. The predicted molar refractivity (Wildman–Crippen MR) is 116 cm³/mol. The minimum atomic E-state index is -0.538. The van der Waals surface area contributed by atoms with Gasteiger partial charge < -0.3 is 16.0 Å². The highest BCUT2D eigenvalue weighted by atomic mass is 79.9. The average Bonchev–Trinajstić information content (AvgIpc) is 3.18. The molecule has 7 nitrogen and oxygen atoms in total. The van der Waals surface area contributed by atoms with Crippen molar-refractivity contribution in [3.63, 3.8) is 0 Å². The maximum atomic E-state index is 12.7. The smallest absolute Gasteiger partial charge is 0.267 e. The van der Waals surface area contributed by atoms with Crippen LogP contribution in [0.2, 0.25) is 0 Å². The molecule has 2 aromatic rings. The van der Waals surface area contributed by atoms with Gasteiger partial charge in [0.15, 0.2) is 0 Å². The molecule has 2 saturated heterocycles. The Labute approximate surface area is 178 Å². The Bertz CT molecular complexity index is 898. The van der Waals surface area contributed by atoms with Crippen LogP contribution in [0.3, 0.4) is 0 Å². The number of nitrogens with zero attached hydrogens (tertiary/aromatic N) is 2. The molecule has 2 aliphatic heterocycles. The van der Waals surface area contributed by atoms with E-state index in [4.69, 9.17) is 5.73 Å². The number of piperidine rings is 2. The number of amides is 2. The van der Waals surface area contributed by atoms with Gasteiger partial charge in [0, 0.05) is 29.4 Å². The molecule has 2 fully saturated rings. The van der Waals surface area contributed by atoms with E-state index in [9.17, 15) is 9.59 Å². The summed E-state index contributed by atoms with van der Waals surface area (Å²) in [6.45, 7) is 4.03. The lowest BCUT2D eigenvalue weighted by atomic mass is 9.79. The highest BCUT2D eigenvalue weighted by Crippen LogP contribution is 2.31. The molecule has 0 spiro atoms. The number of aromatic nitrogens is 2. The fourth-order valence-electron chi connectivity index (χ4n) is 4.81. The Kier molecular flexibility index (Phi) is 6.20. The van der Waals surface area contributed by atoms with Crippen LogP contribution in [-0.2, 0) is 11.2 Å². The fourth-order valence-corrected chi connectivity index (χ4v) is 5.41. The molecule has 29 heavy (non-hydrogen) atoms. The van der Waals surface area contributed by atoms with Gasteiger partial charge in [-0.3, -0.25) is 14.7 Å². The van der Waals surface area contributed by atoms with Gasteiger partial charge in [-0.25, -0.2) is 0 Å². The highest BCUT2D eigenvalue weighted by molar-refractivity contribution is 9.10. The first-order valence-corrected chi connectivity index (χ1v) is 11.3. The van der Waals surface area contributed by atoms with Crippen LogP contribution in [0, 0.1) is 11.8 Å². The lowest BCUT2D eigenvalue weighted by molar-refractivity contribution is -0.132. The molecule has 1 aromatic carbocycles. The third kappa shape index (κ3) is 4.48. The number of nitrogens with one attached hydrogen (secondary N) is 2. The first-order valence-electron chi connectivity index (χ1n) is 10.5. The van der Waals surface area contributed by atoms with E-state index in [1.165, 1.54) is 12.8 Å². The van der Waals surface area contributed by atoms with Crippen molar-refractivity contribution in [2.24, 2.45) is 17.6 Å². The number of aryl methyl sites for hydroxylation is 1. The normalized spacial score (nSPS) is 19.0. The number of primary amides is 1. The summed E-state index contributed by atoms with van der Waals surface area (Å²) < 4.78 is 0.795. The quantitative estimate of drug-likeness (QED) is 0.636. The van der Waals surface area contributed by atoms with Gasteiger partial charge in [0.2, 0.25) is 5.91 Å². The number of carbonyl (C=O) groups is 2. The van der Waals surface area contributed by atoms with Crippen molar-refractivity contribution in [3.8, 4) is 0 Å². The summed E-state index contributed by atoms with van der Waals surface area (Å²) >= 11 is 3.50. The number of aromatic amines is 1. The Morgan fingerprint density at radius 1 is 1.14 bits per heavy atom. The molecule has 0 bridgehead atoms. The number of likely N-dealkylation sites (tertiary alicyclic amines) is 1. The standard InChI is InChI=1S/C21H28BrN5O2/c22-17-12-13(11-16-19(17)25-26-20(16)21(23)29)1-2-18(28)27-9-5-15(6-10-27)14-3-7-24-8-4-14/h11-12,14-15,24H,1-10H2,(H2,23,29)(H,25,26). The van der Waals surface area contributed by atoms with Crippen molar-refractivity contribution in [3.05, 3.63) is 27.9 Å². The molecule has 4 rings (SSSR count). The zero-order chi connectivity index (χ0) is 20.4. The van der Waals surface area contributed by atoms with Crippen LogP contribution in [0.4, 0.5) is 0 Å². The lowest BCUT2D eigenvalue weighted by Gasteiger charge is -2.37. The summed E-state index contributed by atoms with van der Waals surface area (Å²) in [5.74, 6) is 1.27. The summed E-state index contributed by atoms with van der Waals surface area (Å²) in [5, 5.41) is 11.0. The van der Waals surface area contributed by atoms with Crippen LogP contribution in [0.15, 0.2) is 16.6 Å². The number of benzene rings is 1. The number of halogens is 1. The Morgan fingerprint density at radius 3 is 2.52 bits per heavy atom. The van der Waals surface area contributed by atoms with Gasteiger partial charge in [-0.2, -0.15) is 5.10 Å². The second-order valence-corrected chi connectivity index (χ2v) is 9.10. The largest absolute Gasteiger partial charge is 0.364 e. The van der Waals surface area contributed by atoms with E-state index >= 15 is 0 Å². The number of fused-ring (bicyclic) bond motifs is 1. The molecule has 3 heterocycles. The molecular weight excluding hydrogens is 434 g/mol. The van der Waals surface area contributed by atoms with Gasteiger partial charge in [0.1, 0.15) is 11.2 Å². The predicted octanol–water partition coefficient (Wildman–Crippen LogP) is 2.60. The molecule has 2 aliphatic rings. The summed E-state index contributed by atoms with van der Waals surface area (Å²) in [6.07, 6.45) is 5.91. The fraction of sp³-hybridized carbons (Fsp3) is 0.571. The molecule has 1 aromatic heterocycles. The molecule has 4 N–H and O–H groups in total. The topological polar surface area (TPSA) is 104 Å². The van der Waals surface area contributed by atoms with Crippen LogP contribution in [0.1, 0.15) is 48.2 Å². The molecule has 0 atom stereocenters. The zero-order valence-corrected chi connectivity index (χ0v) is 18.1. The maximum absolute atomic E-state index is 12.7. The third-order valence-electron chi connectivity index (χ3n) is 6.49. The Hall–Kier alpha value is -1.93. The first-order chi connectivity index (χ1) is 14.0. The van der Waals surface area contributed by atoms with Crippen molar-refractivity contribution in [1.82, 2.24) is 20.4 Å². The lowest BCUT2D eigenvalue weighted by Crippen LogP contribution is -2.42.